The maximum absolute atomic E-state index is 13.0. The molecule has 2 nitrogen and oxygen atoms in total. The van der Waals surface area contributed by atoms with E-state index >= 15 is 0 Å². The summed E-state index contributed by atoms with van der Waals surface area (Å²) >= 11 is 0. The molecule has 0 radical (unpaired) electrons. The average Bonchev–Trinajstić information content (AvgIpc) is 2.36. The van der Waals surface area contributed by atoms with Crippen molar-refractivity contribution in [3.8, 4) is 5.75 Å². The molecule has 0 aromatic heterocycles. The summed E-state index contributed by atoms with van der Waals surface area (Å²) in [6.07, 6.45) is 0. The van der Waals surface area contributed by atoms with Crippen molar-refractivity contribution in [3.63, 3.8) is 0 Å². The SMILES string of the molecule is COc1ccc(CNc2cc(F)cc(F)c2)cc1. The number of benzene rings is 2. The second-order valence-electron chi connectivity index (χ2n) is 3.86. The molecule has 0 heterocycles. The van der Waals surface area contributed by atoms with Gasteiger partial charge in [-0.25, -0.2) is 8.78 Å². The van der Waals surface area contributed by atoms with E-state index in [4.69, 9.17) is 4.74 Å². The van der Waals surface area contributed by atoms with Crippen molar-refractivity contribution in [2.24, 2.45) is 0 Å². The number of methoxy groups -OCH3 is 1. The van der Waals surface area contributed by atoms with Gasteiger partial charge < -0.3 is 10.1 Å². The van der Waals surface area contributed by atoms with Crippen molar-refractivity contribution in [3.05, 3.63) is 59.7 Å². The molecule has 2 aromatic carbocycles. The Morgan fingerprint density at radius 1 is 1.00 bits per heavy atom. The number of anilines is 1. The summed E-state index contributed by atoms with van der Waals surface area (Å²) in [5.74, 6) is -0.407. The van der Waals surface area contributed by atoms with Crippen LogP contribution in [0.25, 0.3) is 0 Å². The Hall–Kier alpha value is -2.10. The van der Waals surface area contributed by atoms with Crippen LogP contribution in [0.1, 0.15) is 5.56 Å². The minimum atomic E-state index is -0.591. The van der Waals surface area contributed by atoms with Crippen LogP contribution in [0, 0.1) is 11.6 Å². The smallest absolute Gasteiger partial charge is 0.128 e. The number of ether oxygens (including phenoxy) is 1. The van der Waals surface area contributed by atoms with Gasteiger partial charge in [0.2, 0.25) is 0 Å². The molecule has 94 valence electrons. The maximum atomic E-state index is 13.0. The largest absolute Gasteiger partial charge is 0.497 e. The van der Waals surface area contributed by atoms with Crippen LogP contribution in [-0.4, -0.2) is 7.11 Å². The van der Waals surface area contributed by atoms with Crippen molar-refractivity contribution < 1.29 is 13.5 Å². The van der Waals surface area contributed by atoms with Gasteiger partial charge in [-0.15, -0.1) is 0 Å². The summed E-state index contributed by atoms with van der Waals surface area (Å²) < 4.78 is 31.0. The van der Waals surface area contributed by atoms with Gasteiger partial charge in [-0.2, -0.15) is 0 Å². The van der Waals surface area contributed by atoms with Crippen LogP contribution in [0.5, 0.6) is 5.75 Å². The first-order chi connectivity index (χ1) is 8.67. The second kappa shape index (κ2) is 5.49. The molecule has 0 fully saturated rings. The summed E-state index contributed by atoms with van der Waals surface area (Å²) in [6, 6.07) is 10.8. The van der Waals surface area contributed by atoms with E-state index in [2.05, 4.69) is 5.32 Å². The molecule has 0 saturated carbocycles. The Morgan fingerprint density at radius 2 is 1.61 bits per heavy atom. The van der Waals surface area contributed by atoms with Crippen LogP contribution in [0.4, 0.5) is 14.5 Å². The van der Waals surface area contributed by atoms with Crippen LogP contribution in [0.3, 0.4) is 0 Å². The van der Waals surface area contributed by atoms with Crippen LogP contribution in [-0.2, 0) is 6.54 Å². The zero-order valence-electron chi connectivity index (χ0n) is 9.91. The highest BCUT2D eigenvalue weighted by Gasteiger charge is 2.00. The number of hydrogen-bond donors (Lipinski definition) is 1. The van der Waals surface area contributed by atoms with E-state index in [1.165, 1.54) is 12.1 Å². The van der Waals surface area contributed by atoms with Crippen LogP contribution in [0.15, 0.2) is 42.5 Å². The molecule has 1 N–H and O–H groups in total. The monoisotopic (exact) mass is 249 g/mol. The molecular formula is C14H13F2NO. The van der Waals surface area contributed by atoms with Gasteiger partial charge in [0.1, 0.15) is 17.4 Å². The molecule has 0 aliphatic carbocycles. The molecule has 4 heteroatoms. The van der Waals surface area contributed by atoms with Crippen molar-refractivity contribution in [1.29, 1.82) is 0 Å². The molecule has 0 saturated heterocycles. The molecule has 0 aliphatic heterocycles. The summed E-state index contributed by atoms with van der Waals surface area (Å²) in [5, 5.41) is 2.96. The lowest BCUT2D eigenvalue weighted by Gasteiger charge is -2.07. The molecule has 0 spiro atoms. The Morgan fingerprint density at radius 3 is 2.17 bits per heavy atom. The van der Waals surface area contributed by atoms with Crippen LogP contribution in [0.2, 0.25) is 0 Å². The van der Waals surface area contributed by atoms with E-state index in [-0.39, 0.29) is 0 Å². The van der Waals surface area contributed by atoms with Crippen LogP contribution >= 0.6 is 0 Å². The van der Waals surface area contributed by atoms with Crippen molar-refractivity contribution in [1.82, 2.24) is 0 Å². The van der Waals surface area contributed by atoms with E-state index in [9.17, 15) is 8.78 Å². The maximum Gasteiger partial charge on any atom is 0.128 e. The zero-order valence-corrected chi connectivity index (χ0v) is 9.91. The van der Waals surface area contributed by atoms with Gasteiger partial charge in [-0.05, 0) is 29.8 Å². The normalized spacial score (nSPS) is 10.2. The fourth-order valence-electron chi connectivity index (χ4n) is 1.60. The molecule has 0 unspecified atom stereocenters. The first kappa shape index (κ1) is 12.4. The van der Waals surface area contributed by atoms with Gasteiger partial charge in [0.15, 0.2) is 0 Å². The third-order valence-electron chi connectivity index (χ3n) is 2.52. The highest BCUT2D eigenvalue weighted by atomic mass is 19.1. The second-order valence-corrected chi connectivity index (χ2v) is 3.86. The average molecular weight is 249 g/mol. The van der Waals surface area contributed by atoms with Gasteiger partial charge in [-0.1, -0.05) is 12.1 Å². The fraction of sp³-hybridized carbons (Fsp3) is 0.143. The Balaban J connectivity index is 2.01. The predicted molar refractivity (Wildman–Crippen MR) is 66.7 cm³/mol. The molecule has 18 heavy (non-hydrogen) atoms. The lowest BCUT2D eigenvalue weighted by atomic mass is 10.2. The molecule has 2 aromatic rings. The Kier molecular flexibility index (Phi) is 3.77. The predicted octanol–water partition coefficient (Wildman–Crippen LogP) is 3.59. The first-order valence-corrected chi connectivity index (χ1v) is 5.50. The Labute approximate surface area is 104 Å². The van der Waals surface area contributed by atoms with Gasteiger partial charge in [-0.3, -0.25) is 0 Å². The van der Waals surface area contributed by atoms with E-state index in [0.717, 1.165) is 17.4 Å². The van der Waals surface area contributed by atoms with E-state index in [0.29, 0.717) is 12.2 Å². The van der Waals surface area contributed by atoms with Gasteiger partial charge in [0, 0.05) is 18.3 Å². The first-order valence-electron chi connectivity index (χ1n) is 5.50. The number of hydrogen-bond acceptors (Lipinski definition) is 2. The third-order valence-corrected chi connectivity index (χ3v) is 2.52. The highest BCUT2D eigenvalue weighted by molar-refractivity contribution is 5.44. The third kappa shape index (κ3) is 3.20. The summed E-state index contributed by atoms with van der Waals surface area (Å²) in [4.78, 5) is 0. The lowest BCUT2D eigenvalue weighted by molar-refractivity contribution is 0.414. The minimum absolute atomic E-state index is 0.420. The van der Waals surface area contributed by atoms with E-state index in [1.54, 1.807) is 7.11 Å². The summed E-state index contributed by atoms with van der Waals surface area (Å²) in [7, 11) is 1.60. The van der Waals surface area contributed by atoms with E-state index in [1.807, 2.05) is 24.3 Å². The standard InChI is InChI=1S/C14H13F2NO/c1-18-14-4-2-10(3-5-14)9-17-13-7-11(15)6-12(16)8-13/h2-8,17H,9H2,1H3. The molecule has 2 rings (SSSR count). The van der Waals surface area contributed by atoms with Gasteiger partial charge >= 0.3 is 0 Å². The molecule has 0 atom stereocenters. The van der Waals surface area contributed by atoms with Gasteiger partial charge in [0.25, 0.3) is 0 Å². The van der Waals surface area contributed by atoms with Crippen LogP contribution < -0.4 is 10.1 Å². The van der Waals surface area contributed by atoms with Crippen molar-refractivity contribution >= 4 is 5.69 Å². The summed E-state index contributed by atoms with van der Waals surface area (Å²) in [6.45, 7) is 0.493. The summed E-state index contributed by atoms with van der Waals surface area (Å²) in [5.41, 5.74) is 1.42. The topological polar surface area (TPSA) is 21.3 Å². The highest BCUT2D eigenvalue weighted by Crippen LogP contribution is 2.15. The minimum Gasteiger partial charge on any atom is -0.497 e. The lowest BCUT2D eigenvalue weighted by Crippen LogP contribution is -2.00. The van der Waals surface area contributed by atoms with Gasteiger partial charge in [0.05, 0.1) is 7.11 Å². The molecule has 0 bridgehead atoms. The molecule has 0 aliphatic rings. The number of rotatable bonds is 4. The van der Waals surface area contributed by atoms with Crippen molar-refractivity contribution in [2.75, 3.05) is 12.4 Å². The zero-order chi connectivity index (χ0) is 13.0. The van der Waals surface area contributed by atoms with Crippen molar-refractivity contribution in [2.45, 2.75) is 6.54 Å². The molecular weight excluding hydrogens is 236 g/mol. The quantitative estimate of drug-likeness (QED) is 0.894. The number of nitrogens with one attached hydrogen (secondary N) is 1. The fourth-order valence-corrected chi connectivity index (χ4v) is 1.60. The van der Waals surface area contributed by atoms with E-state index < -0.39 is 11.6 Å². The Bertz CT molecular complexity index is 506. The molecule has 0 amide bonds. The number of halogens is 2.